The van der Waals surface area contributed by atoms with Gasteiger partial charge in [-0.1, -0.05) is 36.7 Å². The van der Waals surface area contributed by atoms with E-state index in [0.717, 1.165) is 10.9 Å². The van der Waals surface area contributed by atoms with E-state index in [4.69, 9.17) is 17.0 Å². The minimum Gasteiger partial charge on any atom is -0.493 e. The Hall–Kier alpha value is -2.45. The maximum atomic E-state index is 12.7. The molecule has 6 nitrogen and oxygen atoms in total. The molecule has 0 aliphatic carbocycles. The van der Waals surface area contributed by atoms with Gasteiger partial charge in [0.05, 0.1) is 12.2 Å². The van der Waals surface area contributed by atoms with Gasteiger partial charge in [0, 0.05) is 22.3 Å². The lowest BCUT2D eigenvalue weighted by Crippen LogP contribution is -2.34. The number of nitrogens with one attached hydrogen (secondary N) is 3. The minimum atomic E-state index is -0.363. The standard InChI is InChI=1S/C22H26BrN3O3S/c1-4-11-29-19-10-5-15(23)13-18(19)21(28)26-22(30)25-17-8-6-16(7-9-17)24-20(27)12-14(2)3/h5-10,13-14H,4,11-12H2,1-3H3,(H,24,27)(H2,25,26,28,30). The first-order valence-electron chi connectivity index (χ1n) is 9.73. The van der Waals surface area contributed by atoms with Crippen molar-refractivity contribution in [3.63, 3.8) is 0 Å². The Labute approximate surface area is 190 Å². The van der Waals surface area contributed by atoms with Gasteiger partial charge in [-0.05, 0) is 67.0 Å². The third kappa shape index (κ3) is 7.76. The molecule has 0 saturated heterocycles. The van der Waals surface area contributed by atoms with Crippen LogP contribution in [0.5, 0.6) is 5.75 Å². The van der Waals surface area contributed by atoms with Gasteiger partial charge in [-0.25, -0.2) is 0 Å². The number of carbonyl (C=O) groups excluding carboxylic acids is 2. The molecule has 0 fully saturated rings. The zero-order valence-electron chi connectivity index (χ0n) is 17.3. The maximum Gasteiger partial charge on any atom is 0.261 e. The first kappa shape index (κ1) is 23.8. The van der Waals surface area contributed by atoms with Crippen LogP contribution in [0.2, 0.25) is 0 Å². The van der Waals surface area contributed by atoms with Crippen molar-refractivity contribution in [2.45, 2.75) is 33.6 Å². The average Bonchev–Trinajstić information content (AvgIpc) is 2.67. The SMILES string of the molecule is CCCOc1ccc(Br)cc1C(=O)NC(=S)Nc1ccc(NC(=O)CC(C)C)cc1. The molecule has 0 unspecified atom stereocenters. The van der Waals surface area contributed by atoms with Crippen molar-refractivity contribution in [2.24, 2.45) is 5.92 Å². The van der Waals surface area contributed by atoms with Crippen molar-refractivity contribution in [3.05, 3.63) is 52.5 Å². The van der Waals surface area contributed by atoms with E-state index in [1.54, 1.807) is 36.4 Å². The highest BCUT2D eigenvalue weighted by atomic mass is 79.9. The van der Waals surface area contributed by atoms with E-state index in [1.807, 2.05) is 26.8 Å². The summed E-state index contributed by atoms with van der Waals surface area (Å²) in [5.41, 5.74) is 1.79. The van der Waals surface area contributed by atoms with Crippen LogP contribution < -0.4 is 20.7 Å². The minimum absolute atomic E-state index is 0.0244. The van der Waals surface area contributed by atoms with Crippen LogP contribution in [-0.2, 0) is 4.79 Å². The topological polar surface area (TPSA) is 79.5 Å². The number of thiocarbonyl (C=S) groups is 1. The van der Waals surface area contributed by atoms with Crippen molar-refractivity contribution < 1.29 is 14.3 Å². The molecule has 0 aliphatic rings. The monoisotopic (exact) mass is 491 g/mol. The van der Waals surface area contributed by atoms with Crippen LogP contribution in [0.1, 0.15) is 44.0 Å². The van der Waals surface area contributed by atoms with Gasteiger partial charge in [-0.3, -0.25) is 14.9 Å². The summed E-state index contributed by atoms with van der Waals surface area (Å²) < 4.78 is 6.42. The Morgan fingerprint density at radius 2 is 1.70 bits per heavy atom. The fraction of sp³-hybridized carbons (Fsp3) is 0.318. The van der Waals surface area contributed by atoms with Crippen LogP contribution in [0.15, 0.2) is 46.9 Å². The fourth-order valence-electron chi connectivity index (χ4n) is 2.57. The van der Waals surface area contributed by atoms with E-state index in [-0.39, 0.29) is 16.9 Å². The maximum absolute atomic E-state index is 12.7. The summed E-state index contributed by atoms with van der Waals surface area (Å²) >= 11 is 8.64. The van der Waals surface area contributed by atoms with Gasteiger partial charge in [-0.2, -0.15) is 0 Å². The van der Waals surface area contributed by atoms with Crippen molar-refractivity contribution in [1.82, 2.24) is 5.32 Å². The van der Waals surface area contributed by atoms with E-state index in [9.17, 15) is 9.59 Å². The number of hydrogen-bond donors (Lipinski definition) is 3. The van der Waals surface area contributed by atoms with Gasteiger partial charge in [0.2, 0.25) is 5.91 Å². The predicted octanol–water partition coefficient (Wildman–Crippen LogP) is 5.35. The van der Waals surface area contributed by atoms with Crippen LogP contribution >= 0.6 is 28.1 Å². The second kappa shape index (κ2) is 11.7. The van der Waals surface area contributed by atoms with E-state index in [1.165, 1.54) is 0 Å². The number of anilines is 2. The largest absolute Gasteiger partial charge is 0.493 e. The molecule has 3 N–H and O–H groups in total. The molecule has 0 atom stereocenters. The molecule has 0 aromatic heterocycles. The molecular formula is C22H26BrN3O3S. The van der Waals surface area contributed by atoms with E-state index in [0.29, 0.717) is 41.6 Å². The number of amides is 2. The van der Waals surface area contributed by atoms with Crippen LogP contribution in [0.25, 0.3) is 0 Å². The summed E-state index contributed by atoms with van der Waals surface area (Å²) in [4.78, 5) is 24.5. The van der Waals surface area contributed by atoms with Gasteiger partial charge in [0.1, 0.15) is 5.75 Å². The Morgan fingerprint density at radius 1 is 1.07 bits per heavy atom. The van der Waals surface area contributed by atoms with Crippen LogP contribution in [0.3, 0.4) is 0 Å². The van der Waals surface area contributed by atoms with Crippen LogP contribution in [0.4, 0.5) is 11.4 Å². The Kier molecular flexibility index (Phi) is 9.26. The van der Waals surface area contributed by atoms with E-state index < -0.39 is 0 Å². The van der Waals surface area contributed by atoms with Gasteiger partial charge >= 0.3 is 0 Å². The molecule has 2 rings (SSSR count). The lowest BCUT2D eigenvalue weighted by Gasteiger charge is -2.13. The van der Waals surface area contributed by atoms with E-state index >= 15 is 0 Å². The van der Waals surface area contributed by atoms with Gasteiger partial charge in [-0.15, -0.1) is 0 Å². The van der Waals surface area contributed by atoms with E-state index in [2.05, 4.69) is 31.9 Å². The third-order valence-corrected chi connectivity index (χ3v) is 4.59. The molecule has 0 aliphatic heterocycles. The summed E-state index contributed by atoms with van der Waals surface area (Å²) in [6.45, 7) is 6.51. The number of hydrogen-bond acceptors (Lipinski definition) is 4. The molecule has 8 heteroatoms. The number of halogens is 1. The third-order valence-electron chi connectivity index (χ3n) is 3.90. The summed E-state index contributed by atoms with van der Waals surface area (Å²) in [7, 11) is 0. The molecule has 2 aromatic carbocycles. The molecule has 0 bridgehead atoms. The van der Waals surface area contributed by atoms with Crippen molar-refractivity contribution >= 4 is 56.4 Å². The summed E-state index contributed by atoms with van der Waals surface area (Å²) in [5.74, 6) is 0.410. The van der Waals surface area contributed by atoms with Gasteiger partial charge in [0.25, 0.3) is 5.91 Å². The summed E-state index contributed by atoms with van der Waals surface area (Å²) in [5, 5.41) is 8.65. The van der Waals surface area contributed by atoms with Crippen LogP contribution in [0, 0.1) is 5.92 Å². The van der Waals surface area contributed by atoms with Crippen molar-refractivity contribution in [2.75, 3.05) is 17.2 Å². The highest BCUT2D eigenvalue weighted by molar-refractivity contribution is 9.10. The molecule has 0 spiro atoms. The molecule has 0 radical (unpaired) electrons. The summed E-state index contributed by atoms with van der Waals surface area (Å²) in [6, 6.07) is 12.4. The molecule has 2 amide bonds. The highest BCUT2D eigenvalue weighted by Crippen LogP contribution is 2.23. The highest BCUT2D eigenvalue weighted by Gasteiger charge is 2.15. The van der Waals surface area contributed by atoms with Crippen LogP contribution in [-0.4, -0.2) is 23.5 Å². The average molecular weight is 492 g/mol. The van der Waals surface area contributed by atoms with Gasteiger partial charge in [0.15, 0.2) is 5.11 Å². The zero-order chi connectivity index (χ0) is 22.1. The number of carbonyl (C=O) groups is 2. The predicted molar refractivity (Wildman–Crippen MR) is 128 cm³/mol. The molecule has 30 heavy (non-hydrogen) atoms. The Bertz CT molecular complexity index is 901. The summed E-state index contributed by atoms with van der Waals surface area (Å²) in [6.07, 6.45) is 1.31. The Morgan fingerprint density at radius 3 is 2.30 bits per heavy atom. The first-order chi connectivity index (χ1) is 14.3. The lowest BCUT2D eigenvalue weighted by molar-refractivity contribution is -0.116. The number of benzene rings is 2. The smallest absolute Gasteiger partial charge is 0.261 e. The number of rotatable bonds is 8. The number of ether oxygens (including phenoxy) is 1. The lowest BCUT2D eigenvalue weighted by atomic mass is 10.1. The normalized spacial score (nSPS) is 10.4. The van der Waals surface area contributed by atoms with Gasteiger partial charge < -0.3 is 15.4 Å². The second-order valence-corrected chi connectivity index (χ2v) is 8.44. The second-order valence-electron chi connectivity index (χ2n) is 7.12. The molecule has 160 valence electrons. The first-order valence-corrected chi connectivity index (χ1v) is 10.9. The quantitative estimate of drug-likeness (QED) is 0.433. The molecular weight excluding hydrogens is 466 g/mol. The van der Waals surface area contributed by atoms with Crippen molar-refractivity contribution in [1.29, 1.82) is 0 Å². The Balaban J connectivity index is 1.96. The zero-order valence-corrected chi connectivity index (χ0v) is 19.7. The molecule has 0 heterocycles. The molecule has 2 aromatic rings. The molecule has 0 saturated carbocycles. The fourth-order valence-corrected chi connectivity index (χ4v) is 3.14. The van der Waals surface area contributed by atoms with Crippen molar-refractivity contribution in [3.8, 4) is 5.75 Å².